The molecule has 18 nitrogen and oxygen atoms in total. The first kappa shape index (κ1) is 114. The zero-order chi connectivity index (χ0) is 96.1. The number of hydrogen-bond donors (Lipinski definition) is 0. The van der Waals surface area contributed by atoms with Crippen LogP contribution in [0.15, 0.2) is 404 Å². The molecule has 12 aromatic carbocycles. The van der Waals surface area contributed by atoms with E-state index < -0.39 is 15.2 Å². The van der Waals surface area contributed by atoms with E-state index in [0.29, 0.717) is 5.01 Å². The molecule has 0 atom stereocenters. The average molecular weight is 2040 g/mol. The number of aldehydes is 1. The molecular formula is C107H89Br2N5O13P2S5. The van der Waals surface area contributed by atoms with Gasteiger partial charge in [-0.05, 0) is 139 Å². The molecule has 0 spiro atoms. The summed E-state index contributed by atoms with van der Waals surface area (Å²) in [5.41, 5.74) is 11.5. The Morgan fingerprint density at radius 3 is 0.731 bits per heavy atom. The molecule has 0 aliphatic carbocycles. The number of benzene rings is 12. The van der Waals surface area contributed by atoms with Crippen molar-refractivity contribution >= 4 is 211 Å². The van der Waals surface area contributed by atoms with Gasteiger partial charge in [0.15, 0.2) is 11.3 Å². The van der Waals surface area contributed by atoms with Crippen LogP contribution in [0.2, 0.25) is 0 Å². The number of carbonyl (C=O) groups excluding carboxylic acids is 13. The Morgan fingerprint density at radius 2 is 0.500 bits per heavy atom. The van der Waals surface area contributed by atoms with Crippen molar-refractivity contribution in [1.82, 2.24) is 24.9 Å². The number of carbonyl (C=O) groups is 1. The van der Waals surface area contributed by atoms with Gasteiger partial charge < -0.3 is 17.0 Å². The van der Waals surface area contributed by atoms with Gasteiger partial charge in [0.05, 0.1) is 6.16 Å². The van der Waals surface area contributed by atoms with Gasteiger partial charge in [-0.25, -0.2) is 24.9 Å². The van der Waals surface area contributed by atoms with E-state index in [2.05, 4.69) is 377 Å². The summed E-state index contributed by atoms with van der Waals surface area (Å²) in [5, 5.41) is 23.9. The highest BCUT2D eigenvalue weighted by molar-refractivity contribution is 9.08. The molecule has 27 heteroatoms. The summed E-state index contributed by atoms with van der Waals surface area (Å²) >= 11 is 11.3. The zero-order valence-electron chi connectivity index (χ0n) is 72.5. The number of halogens is 2. The van der Waals surface area contributed by atoms with Crippen molar-refractivity contribution in [3.63, 3.8) is 0 Å². The summed E-state index contributed by atoms with van der Waals surface area (Å²) in [6, 6.07) is 122. The van der Waals surface area contributed by atoms with Gasteiger partial charge >= 0.3 is 36.9 Å². The van der Waals surface area contributed by atoms with Gasteiger partial charge in [0.1, 0.15) is 43.2 Å². The molecule has 0 saturated heterocycles. The van der Waals surface area contributed by atoms with Crippen molar-refractivity contribution in [1.29, 1.82) is 0 Å². The summed E-state index contributed by atoms with van der Waals surface area (Å²) in [6.07, 6.45) is 28.6. The molecule has 0 saturated carbocycles. The van der Waals surface area contributed by atoms with E-state index in [-0.39, 0.29) is 53.9 Å². The fraction of sp³-hybridized carbons (Fsp3) is 0.0467. The second-order valence-electron chi connectivity index (χ2n) is 25.9. The van der Waals surface area contributed by atoms with Crippen LogP contribution in [-0.2, 0) is 69.0 Å². The zero-order valence-corrected chi connectivity index (χ0v) is 81.6. The summed E-state index contributed by atoms with van der Waals surface area (Å²) in [4.78, 5) is 128. The maximum Gasteiger partial charge on any atom is 0.373 e. The van der Waals surface area contributed by atoms with Gasteiger partial charge in [0.25, 0.3) is 0 Å². The second kappa shape index (κ2) is 74.2. The average Bonchev–Trinajstić information content (AvgIpc) is 0.921. The third-order valence-corrected chi connectivity index (χ3v) is 28.0. The Morgan fingerprint density at radius 1 is 0.276 bits per heavy atom. The Balaban J connectivity index is 0.000000392. The van der Waals surface area contributed by atoms with Crippen molar-refractivity contribution in [3.8, 4) is 0 Å². The van der Waals surface area contributed by atoms with Gasteiger partial charge in [-0.1, -0.05) is 366 Å². The molecule has 17 rings (SSSR count). The van der Waals surface area contributed by atoms with Crippen LogP contribution in [0.1, 0.15) is 79.9 Å². The van der Waals surface area contributed by atoms with Crippen molar-refractivity contribution < 1.29 is 79.3 Å². The fourth-order valence-electron chi connectivity index (χ4n) is 11.5. The molecule has 0 aliphatic rings. The first-order chi connectivity index (χ1) is 65.2. The number of rotatable bonds is 18. The lowest BCUT2D eigenvalue weighted by atomic mass is 10.1. The predicted molar refractivity (Wildman–Crippen MR) is 541 cm³/mol. The maximum absolute atomic E-state index is 9.82. The van der Waals surface area contributed by atoms with Gasteiger partial charge in [0.2, 0.25) is 0 Å². The largest absolute Gasteiger partial charge is 1.00 e. The van der Waals surface area contributed by atoms with Crippen molar-refractivity contribution in [2.24, 2.45) is 0 Å². The quantitative estimate of drug-likeness (QED) is 0.0438. The van der Waals surface area contributed by atoms with Gasteiger partial charge in [-0.15, -0.1) is 56.7 Å². The Hall–Kier alpha value is -14.5. The van der Waals surface area contributed by atoms with Crippen molar-refractivity contribution in [2.45, 2.75) is 32.3 Å². The van der Waals surface area contributed by atoms with E-state index in [1.165, 1.54) is 93.2 Å². The van der Waals surface area contributed by atoms with E-state index in [0.717, 1.165) is 37.8 Å². The molecule has 674 valence electrons. The lowest BCUT2D eigenvalue weighted by Crippen LogP contribution is -3.00. The molecule has 0 bridgehead atoms. The Kier molecular flexibility index (Phi) is 63.0. The third-order valence-electron chi connectivity index (χ3n) is 16.8. The first-order valence-electron chi connectivity index (χ1n) is 39.7. The van der Waals surface area contributed by atoms with Crippen LogP contribution in [0.25, 0.3) is 48.6 Å². The Labute approximate surface area is 819 Å². The van der Waals surface area contributed by atoms with E-state index in [4.69, 9.17) is 57.5 Å². The number of alkyl halides is 1. The highest BCUT2D eigenvalue weighted by Crippen LogP contribution is 2.58. The normalized spacial score (nSPS) is 9.50. The monoisotopic (exact) mass is 2030 g/mol. The van der Waals surface area contributed by atoms with Gasteiger partial charge in [-0.2, -0.15) is 57.5 Å². The van der Waals surface area contributed by atoms with Crippen LogP contribution >= 0.6 is 87.8 Å². The molecule has 5 heterocycles. The van der Waals surface area contributed by atoms with E-state index in [9.17, 15) is 4.79 Å². The highest BCUT2D eigenvalue weighted by atomic mass is 79.9. The van der Waals surface area contributed by atoms with Gasteiger partial charge in [-0.3, -0.25) is 4.79 Å². The first-order valence-corrected chi connectivity index (χ1v) is 48.5. The third kappa shape index (κ3) is 48.4. The van der Waals surface area contributed by atoms with Gasteiger partial charge in [0, 0.05) is 63.2 Å². The number of nitrogens with zero attached hydrogens (tertiary/aromatic N) is 5. The summed E-state index contributed by atoms with van der Waals surface area (Å²) in [7, 11) is -2.24. The summed E-state index contributed by atoms with van der Waals surface area (Å²) in [6.45, 7) is 6.38. The van der Waals surface area contributed by atoms with Crippen LogP contribution in [-0.4, -0.2) is 68.1 Å². The molecule has 0 unspecified atom stereocenters. The smallest absolute Gasteiger partial charge is 0.373 e. The van der Waals surface area contributed by atoms with Crippen molar-refractivity contribution in [3.05, 3.63) is 479 Å². The lowest BCUT2D eigenvalue weighted by Gasteiger charge is -2.28. The second-order valence-corrected chi connectivity index (χ2v) is 36.8. The highest BCUT2D eigenvalue weighted by Gasteiger charge is 2.45. The molecule has 5 aromatic heterocycles. The molecular weight excluding hydrogens is 1950 g/mol. The summed E-state index contributed by atoms with van der Waals surface area (Å²) < 4.78 is 0. The lowest BCUT2D eigenvalue weighted by molar-refractivity contribution is -0.193. The van der Waals surface area contributed by atoms with Crippen LogP contribution in [0.3, 0.4) is 0 Å². The Bertz CT molecular complexity index is 5770. The predicted octanol–water partition coefficient (Wildman–Crippen LogP) is 19.8. The summed E-state index contributed by atoms with van der Waals surface area (Å²) in [5.74, 6) is 0. The van der Waals surface area contributed by atoms with E-state index in [1.807, 2.05) is 125 Å². The van der Waals surface area contributed by atoms with Crippen LogP contribution in [0.4, 0.5) is 0 Å². The van der Waals surface area contributed by atoms with Crippen LogP contribution in [0, 0.1) is 20.8 Å². The molecule has 17 aromatic rings. The number of aryl methyl sites for hydroxylation is 3. The minimum absolute atomic E-state index is 0. The number of thiazole rings is 5. The number of aromatic nitrogens is 5. The number of hydrogen-bond acceptors (Lipinski definition) is 23. The SMILES string of the molecule is C(=C/c1nccs1)/c1ccccc1.C(=C\c1nccs1)/c1ccccc1.C(=Cc1nccs1)c1ccccc1.Cc1cccc(C=Cc2nccs2)c1.Cc1cccc(CBr)c1.Cc1cccc(C[P+](c2ccccc2)(c2ccccc2)c2ccccc2)c1.O=C=O.O=C=O.O=C=O.O=C=O.O=C=O.O=C=O.O=Cc1nccs1.[Br-].c1ccc(P(c2ccccc2)c2ccccc2)cc1. The topological polar surface area (TPSA) is 286 Å². The maximum atomic E-state index is 9.82. The molecule has 0 N–H and O–H groups in total. The van der Waals surface area contributed by atoms with Crippen LogP contribution in [0.5, 0.6) is 0 Å². The van der Waals surface area contributed by atoms with Crippen molar-refractivity contribution in [2.75, 3.05) is 0 Å². The molecule has 0 aliphatic heterocycles. The molecule has 134 heavy (non-hydrogen) atoms. The fourth-order valence-corrected chi connectivity index (χ4v) is 21.0. The van der Waals surface area contributed by atoms with E-state index >= 15 is 0 Å². The minimum atomic E-state index is -1.79. The standard InChI is InChI=1S/C26H24P.C18H15P.C12H11NS.3C11H9NS.C8H9Br.C4H3NOS.6CO2.BrH/c1-22-12-11-13-23(20-22)21-27(24-14-5-2-6-15-24,25-16-7-3-8-17-25)26-18-9-4-10-19-26;1-4-10-16(11-5-1)19(17-12-6-2-7-13-17)18-14-8-3-9-15-18;1-10-3-2-4-11(9-10)5-6-12-13-7-8-14-12;3*1-2-4-10(5-3-1)6-7-11-12-8-9-13-11;1-7-3-2-4-8(5-7)6-9;6-3-4-5-1-2-7-4;6*2-1-3;/h2-20H,21H2,1H3;1-15H;2-9H,1H3;3*1-9H;2-5H,6H2,1H3;1-3H;;;;;;;1H/q+1;;;;;;;;;;;;;;/p-1/b;;;7-6+;7-6-;;;;;;;;;;. The molecule has 0 fully saturated rings. The minimum Gasteiger partial charge on any atom is -1.00 e. The molecule has 0 radical (unpaired) electrons. The van der Waals surface area contributed by atoms with E-state index in [1.54, 1.807) is 56.9 Å². The molecule has 0 amide bonds. The van der Waals surface area contributed by atoms with Crippen LogP contribution < -0.4 is 48.8 Å².